The first-order valence-corrected chi connectivity index (χ1v) is 6.81. The molecule has 1 aliphatic rings. The van der Waals surface area contributed by atoms with Gasteiger partial charge >= 0.3 is 6.09 Å². The van der Waals surface area contributed by atoms with Gasteiger partial charge in [-0.1, -0.05) is 6.07 Å². The fourth-order valence-corrected chi connectivity index (χ4v) is 2.68. The zero-order valence-electron chi connectivity index (χ0n) is 10.6. The summed E-state index contributed by atoms with van der Waals surface area (Å²) in [7, 11) is 1.24. The average Bonchev–Trinajstić information content (AvgIpc) is 3.17. The third kappa shape index (κ3) is 2.05. The van der Waals surface area contributed by atoms with Gasteiger partial charge in [0.1, 0.15) is 0 Å². The predicted octanol–water partition coefficient (Wildman–Crippen LogP) is 0.941. The molecule has 1 unspecified atom stereocenters. The Balaban J connectivity index is 1.81. The molecular formula is C11H11N5O3S. The molecule has 2 aromatic rings. The van der Waals surface area contributed by atoms with Crippen LogP contribution in [0.3, 0.4) is 0 Å². The van der Waals surface area contributed by atoms with Crippen molar-refractivity contribution in [1.82, 2.24) is 25.1 Å². The van der Waals surface area contributed by atoms with Gasteiger partial charge in [0.25, 0.3) is 5.91 Å². The van der Waals surface area contributed by atoms with Gasteiger partial charge in [-0.15, -0.1) is 21.5 Å². The van der Waals surface area contributed by atoms with Gasteiger partial charge in [-0.3, -0.25) is 4.79 Å². The number of tetrazole rings is 1. The highest BCUT2D eigenvalue weighted by Crippen LogP contribution is 2.24. The van der Waals surface area contributed by atoms with Crippen molar-refractivity contribution in [3.05, 3.63) is 17.5 Å². The number of imide groups is 1. The second-order valence-corrected chi connectivity index (χ2v) is 5.12. The van der Waals surface area contributed by atoms with Crippen molar-refractivity contribution in [2.75, 3.05) is 13.7 Å². The molecule has 3 heterocycles. The maximum Gasteiger partial charge on any atom is 0.416 e. The predicted molar refractivity (Wildman–Crippen MR) is 68.9 cm³/mol. The van der Waals surface area contributed by atoms with Crippen molar-refractivity contribution < 1.29 is 14.3 Å². The minimum Gasteiger partial charge on any atom is -0.452 e. The lowest BCUT2D eigenvalue weighted by Crippen LogP contribution is -2.34. The van der Waals surface area contributed by atoms with Crippen LogP contribution >= 0.6 is 11.3 Å². The fraction of sp³-hybridized carbons (Fsp3) is 0.364. The number of hydrogen-bond donors (Lipinski definition) is 0. The van der Waals surface area contributed by atoms with E-state index in [0.717, 1.165) is 9.78 Å². The number of hydrogen-bond acceptors (Lipinski definition) is 7. The Morgan fingerprint density at radius 1 is 1.55 bits per heavy atom. The lowest BCUT2D eigenvalue weighted by Gasteiger charge is -2.11. The van der Waals surface area contributed by atoms with E-state index in [0.29, 0.717) is 18.8 Å². The molecule has 1 saturated heterocycles. The largest absolute Gasteiger partial charge is 0.452 e. The number of carbonyl (C=O) groups is 2. The molecule has 1 fully saturated rings. The molecule has 2 amide bonds. The second kappa shape index (κ2) is 5.00. The van der Waals surface area contributed by atoms with Gasteiger partial charge < -0.3 is 4.74 Å². The van der Waals surface area contributed by atoms with Crippen LogP contribution in [0.5, 0.6) is 0 Å². The van der Waals surface area contributed by atoms with E-state index in [2.05, 4.69) is 20.1 Å². The van der Waals surface area contributed by atoms with Gasteiger partial charge in [0.15, 0.2) is 6.04 Å². The Hall–Kier alpha value is -2.29. The van der Waals surface area contributed by atoms with Crippen LogP contribution in [0.15, 0.2) is 17.5 Å². The van der Waals surface area contributed by atoms with Crippen molar-refractivity contribution in [2.45, 2.75) is 12.5 Å². The minimum absolute atomic E-state index is 0.298. The van der Waals surface area contributed by atoms with Crippen LogP contribution in [-0.2, 0) is 9.53 Å². The first kappa shape index (κ1) is 12.7. The summed E-state index contributed by atoms with van der Waals surface area (Å²) >= 11 is 1.49. The normalized spacial score (nSPS) is 18.6. The molecule has 0 radical (unpaired) electrons. The first-order valence-electron chi connectivity index (χ1n) is 5.93. The van der Waals surface area contributed by atoms with E-state index in [1.165, 1.54) is 23.2 Å². The van der Waals surface area contributed by atoms with Gasteiger partial charge in [0, 0.05) is 6.54 Å². The zero-order chi connectivity index (χ0) is 14.1. The van der Waals surface area contributed by atoms with Crippen molar-refractivity contribution >= 4 is 23.3 Å². The van der Waals surface area contributed by atoms with E-state index in [1.54, 1.807) is 0 Å². The maximum atomic E-state index is 12.1. The van der Waals surface area contributed by atoms with Gasteiger partial charge in [-0.25, -0.2) is 9.69 Å². The number of rotatable bonds is 2. The van der Waals surface area contributed by atoms with Gasteiger partial charge in [-0.2, -0.15) is 4.80 Å². The van der Waals surface area contributed by atoms with E-state index < -0.39 is 12.1 Å². The fourth-order valence-electron chi connectivity index (χ4n) is 2.03. The first-order chi connectivity index (χ1) is 9.70. The summed E-state index contributed by atoms with van der Waals surface area (Å²) < 4.78 is 4.55. The van der Waals surface area contributed by atoms with E-state index >= 15 is 0 Å². The number of methoxy groups -OCH3 is 1. The third-order valence-electron chi connectivity index (χ3n) is 3.02. The number of amides is 2. The number of aromatic nitrogens is 4. The standard InChI is InChI=1S/C11H11N5O3S/c1-19-11(18)15-5-4-7(10(15)17)16-13-9(12-14-16)8-3-2-6-20-8/h2-3,6-7H,4-5H2,1H3. The molecule has 3 rings (SSSR count). The average molecular weight is 293 g/mol. The van der Waals surface area contributed by atoms with Crippen LogP contribution in [0.25, 0.3) is 10.7 Å². The molecule has 0 bridgehead atoms. The summed E-state index contributed by atoms with van der Waals surface area (Å²) in [5, 5.41) is 14.0. The number of thiophene rings is 1. The molecule has 1 aliphatic heterocycles. The highest BCUT2D eigenvalue weighted by atomic mass is 32.1. The number of carbonyl (C=O) groups excluding carboxylic acids is 2. The molecule has 0 N–H and O–H groups in total. The number of ether oxygens (including phenoxy) is 1. The smallest absolute Gasteiger partial charge is 0.416 e. The van der Waals surface area contributed by atoms with Crippen molar-refractivity contribution in [2.24, 2.45) is 0 Å². The van der Waals surface area contributed by atoms with Gasteiger partial charge in [0.2, 0.25) is 5.82 Å². The van der Waals surface area contributed by atoms with Crippen LogP contribution in [0.2, 0.25) is 0 Å². The zero-order valence-corrected chi connectivity index (χ0v) is 11.4. The summed E-state index contributed by atoms with van der Waals surface area (Å²) in [6, 6.07) is 3.17. The molecule has 8 nitrogen and oxygen atoms in total. The second-order valence-electron chi connectivity index (χ2n) is 4.18. The SMILES string of the molecule is COC(=O)N1CCC(n2nnc(-c3cccs3)n2)C1=O. The minimum atomic E-state index is -0.656. The van der Waals surface area contributed by atoms with E-state index in [9.17, 15) is 9.59 Å². The van der Waals surface area contributed by atoms with Crippen LogP contribution < -0.4 is 0 Å². The Morgan fingerprint density at radius 3 is 3.10 bits per heavy atom. The summed E-state index contributed by atoms with van der Waals surface area (Å²) in [6.07, 6.45) is -0.204. The van der Waals surface area contributed by atoms with Crippen LogP contribution in [0.4, 0.5) is 4.79 Å². The maximum absolute atomic E-state index is 12.1. The Kier molecular flexibility index (Phi) is 3.18. The number of nitrogens with zero attached hydrogens (tertiary/aromatic N) is 5. The van der Waals surface area contributed by atoms with E-state index in [-0.39, 0.29) is 5.91 Å². The van der Waals surface area contributed by atoms with Crippen LogP contribution in [-0.4, -0.2) is 50.8 Å². The monoisotopic (exact) mass is 293 g/mol. The van der Waals surface area contributed by atoms with E-state index in [4.69, 9.17) is 0 Å². The molecule has 20 heavy (non-hydrogen) atoms. The highest BCUT2D eigenvalue weighted by Gasteiger charge is 2.39. The molecule has 0 saturated carbocycles. The van der Waals surface area contributed by atoms with Crippen molar-refractivity contribution in [1.29, 1.82) is 0 Å². The lowest BCUT2D eigenvalue weighted by atomic mass is 10.3. The molecule has 104 valence electrons. The lowest BCUT2D eigenvalue weighted by molar-refractivity contribution is -0.129. The van der Waals surface area contributed by atoms with Crippen LogP contribution in [0.1, 0.15) is 12.5 Å². The summed E-state index contributed by atoms with van der Waals surface area (Å²) in [5.41, 5.74) is 0. The van der Waals surface area contributed by atoms with Crippen molar-refractivity contribution in [3.8, 4) is 10.7 Å². The van der Waals surface area contributed by atoms with Gasteiger partial charge in [0.05, 0.1) is 12.0 Å². The molecule has 9 heteroatoms. The molecular weight excluding hydrogens is 282 g/mol. The summed E-state index contributed by atoms with van der Waals surface area (Å²) in [4.78, 5) is 26.7. The Labute approximate surface area is 117 Å². The van der Waals surface area contributed by atoms with Crippen LogP contribution in [0, 0.1) is 0 Å². The summed E-state index contributed by atoms with van der Waals surface area (Å²) in [5.74, 6) is 0.108. The van der Waals surface area contributed by atoms with E-state index in [1.807, 2.05) is 17.5 Å². The Morgan fingerprint density at radius 2 is 2.40 bits per heavy atom. The third-order valence-corrected chi connectivity index (χ3v) is 3.89. The quantitative estimate of drug-likeness (QED) is 0.818. The molecule has 0 aromatic carbocycles. The molecule has 1 atom stereocenters. The highest BCUT2D eigenvalue weighted by molar-refractivity contribution is 7.13. The Bertz CT molecular complexity index is 638. The van der Waals surface area contributed by atoms with Gasteiger partial charge in [-0.05, 0) is 23.1 Å². The number of likely N-dealkylation sites (tertiary alicyclic amines) is 1. The topological polar surface area (TPSA) is 90.2 Å². The molecule has 2 aromatic heterocycles. The van der Waals surface area contributed by atoms with Crippen molar-refractivity contribution in [3.63, 3.8) is 0 Å². The summed E-state index contributed by atoms with van der Waals surface area (Å²) in [6.45, 7) is 0.298. The molecule has 0 spiro atoms. The molecule has 0 aliphatic carbocycles.